The second-order valence-electron chi connectivity index (χ2n) is 5.65. The number of hydrogen-bond acceptors (Lipinski definition) is 4. The minimum Gasteiger partial charge on any atom is -0.490 e. The summed E-state index contributed by atoms with van der Waals surface area (Å²) in [5.74, 6) is 1.06. The average molecular weight is 427 g/mol. The van der Waals surface area contributed by atoms with Crippen molar-refractivity contribution in [1.29, 1.82) is 0 Å². The van der Waals surface area contributed by atoms with E-state index in [1.165, 1.54) is 0 Å². The molecule has 4 nitrogen and oxygen atoms in total. The maximum Gasteiger partial charge on any atom is 0.349 e. The number of rotatable bonds is 7. The number of para-hydroxylation sites is 2. The maximum absolute atomic E-state index is 12.2. The van der Waals surface area contributed by atoms with Crippen LogP contribution >= 0.6 is 15.9 Å². The molecule has 0 unspecified atom stereocenters. The Morgan fingerprint density at radius 1 is 0.815 bits per heavy atom. The van der Waals surface area contributed by atoms with Gasteiger partial charge in [0.25, 0.3) is 0 Å². The summed E-state index contributed by atoms with van der Waals surface area (Å²) in [7, 11) is 0. The molecule has 0 saturated heterocycles. The van der Waals surface area contributed by atoms with Gasteiger partial charge in [0.15, 0.2) is 18.1 Å². The van der Waals surface area contributed by atoms with E-state index in [1.807, 2.05) is 61.5 Å². The van der Waals surface area contributed by atoms with Crippen molar-refractivity contribution in [2.24, 2.45) is 0 Å². The smallest absolute Gasteiger partial charge is 0.349 e. The van der Waals surface area contributed by atoms with Crippen molar-refractivity contribution >= 4 is 21.9 Å². The highest BCUT2D eigenvalue weighted by Crippen LogP contribution is 2.31. The zero-order valence-corrected chi connectivity index (χ0v) is 16.4. The fourth-order valence-electron chi connectivity index (χ4n) is 2.53. The number of hydrogen-bond donors (Lipinski definition) is 0. The highest BCUT2D eigenvalue weighted by molar-refractivity contribution is 9.10. The van der Waals surface area contributed by atoms with Crippen molar-refractivity contribution < 1.29 is 19.0 Å². The van der Waals surface area contributed by atoms with E-state index < -0.39 is 5.97 Å². The van der Waals surface area contributed by atoms with Gasteiger partial charge in [-0.3, -0.25) is 0 Å². The molecule has 138 valence electrons. The molecule has 3 aromatic carbocycles. The first kappa shape index (κ1) is 19.0. The summed E-state index contributed by atoms with van der Waals surface area (Å²) >= 11 is 3.46. The third-order valence-corrected chi connectivity index (χ3v) is 4.38. The van der Waals surface area contributed by atoms with Crippen LogP contribution in [0.1, 0.15) is 6.92 Å². The van der Waals surface area contributed by atoms with Gasteiger partial charge in [-0.05, 0) is 58.2 Å². The number of ether oxygens (including phenoxy) is 3. The van der Waals surface area contributed by atoms with E-state index in [0.717, 1.165) is 11.1 Å². The van der Waals surface area contributed by atoms with Crippen LogP contribution in [0.2, 0.25) is 0 Å². The number of carbonyl (C=O) groups excluding carboxylic acids is 1. The Hall–Kier alpha value is -2.79. The Bertz CT molecular complexity index is 909. The summed E-state index contributed by atoms with van der Waals surface area (Å²) in [6.45, 7) is 2.20. The molecule has 0 atom stereocenters. The number of benzene rings is 3. The van der Waals surface area contributed by atoms with Crippen LogP contribution in [-0.2, 0) is 4.79 Å². The van der Waals surface area contributed by atoms with Gasteiger partial charge in [-0.1, -0.05) is 48.5 Å². The summed E-state index contributed by atoms with van der Waals surface area (Å²) in [6, 6.07) is 22.8. The summed E-state index contributed by atoms with van der Waals surface area (Å²) in [6.07, 6.45) is 0. The molecule has 0 spiro atoms. The third kappa shape index (κ3) is 5.11. The second kappa shape index (κ2) is 9.24. The van der Waals surface area contributed by atoms with Crippen LogP contribution in [0, 0.1) is 0 Å². The van der Waals surface area contributed by atoms with E-state index in [9.17, 15) is 4.79 Å². The number of esters is 1. The highest BCUT2D eigenvalue weighted by Gasteiger charge is 2.12. The van der Waals surface area contributed by atoms with Gasteiger partial charge in [0.2, 0.25) is 0 Å². The van der Waals surface area contributed by atoms with E-state index in [0.29, 0.717) is 28.3 Å². The van der Waals surface area contributed by atoms with Gasteiger partial charge in [-0.2, -0.15) is 0 Å². The van der Waals surface area contributed by atoms with Crippen molar-refractivity contribution in [3.8, 4) is 28.4 Å². The lowest BCUT2D eigenvalue weighted by Gasteiger charge is -2.12. The van der Waals surface area contributed by atoms with Gasteiger partial charge in [-0.15, -0.1) is 0 Å². The Labute approximate surface area is 166 Å². The SMILES string of the molecule is CCOc1ccccc1OCC(=O)Oc1ccc(-c2ccccc2)cc1Br. The van der Waals surface area contributed by atoms with Crippen LogP contribution in [-0.4, -0.2) is 19.2 Å². The molecule has 0 N–H and O–H groups in total. The standard InChI is InChI=1S/C22H19BrO4/c1-2-25-20-10-6-7-11-21(20)26-15-22(24)27-19-13-12-17(14-18(19)23)16-8-4-3-5-9-16/h3-14H,2,15H2,1H3. The van der Waals surface area contributed by atoms with Crippen molar-refractivity contribution in [2.75, 3.05) is 13.2 Å². The van der Waals surface area contributed by atoms with E-state index in [1.54, 1.807) is 18.2 Å². The Morgan fingerprint density at radius 2 is 1.48 bits per heavy atom. The molecule has 27 heavy (non-hydrogen) atoms. The molecule has 0 amide bonds. The molecular formula is C22H19BrO4. The first-order chi connectivity index (χ1) is 13.2. The van der Waals surface area contributed by atoms with Crippen molar-refractivity contribution in [1.82, 2.24) is 0 Å². The molecule has 3 rings (SSSR count). The van der Waals surface area contributed by atoms with Gasteiger partial charge in [-0.25, -0.2) is 4.79 Å². The zero-order chi connectivity index (χ0) is 19.1. The minimum absolute atomic E-state index is 0.211. The minimum atomic E-state index is -0.491. The van der Waals surface area contributed by atoms with E-state index in [-0.39, 0.29) is 6.61 Å². The molecule has 0 aliphatic rings. The molecule has 0 bridgehead atoms. The molecule has 0 saturated carbocycles. The molecule has 0 aliphatic heterocycles. The highest BCUT2D eigenvalue weighted by atomic mass is 79.9. The van der Waals surface area contributed by atoms with Crippen molar-refractivity contribution in [2.45, 2.75) is 6.92 Å². The predicted octanol–water partition coefficient (Wildman–Crippen LogP) is 5.50. The lowest BCUT2D eigenvalue weighted by atomic mass is 10.1. The maximum atomic E-state index is 12.2. The van der Waals surface area contributed by atoms with Crippen LogP contribution in [0.5, 0.6) is 17.2 Å². The largest absolute Gasteiger partial charge is 0.490 e. The van der Waals surface area contributed by atoms with Crippen LogP contribution in [0.15, 0.2) is 77.3 Å². The predicted molar refractivity (Wildman–Crippen MR) is 108 cm³/mol. The lowest BCUT2D eigenvalue weighted by molar-refractivity contribution is -0.136. The Balaban J connectivity index is 1.63. The topological polar surface area (TPSA) is 44.8 Å². The van der Waals surface area contributed by atoms with Gasteiger partial charge < -0.3 is 14.2 Å². The number of carbonyl (C=O) groups is 1. The van der Waals surface area contributed by atoms with Crippen molar-refractivity contribution in [3.05, 3.63) is 77.3 Å². The number of halogens is 1. The average Bonchev–Trinajstić information content (AvgIpc) is 2.70. The summed E-state index contributed by atoms with van der Waals surface area (Å²) in [5, 5.41) is 0. The first-order valence-corrected chi connectivity index (χ1v) is 9.37. The second-order valence-corrected chi connectivity index (χ2v) is 6.51. The van der Waals surface area contributed by atoms with Crippen LogP contribution in [0.3, 0.4) is 0 Å². The van der Waals surface area contributed by atoms with Crippen LogP contribution < -0.4 is 14.2 Å². The van der Waals surface area contributed by atoms with Crippen LogP contribution in [0.25, 0.3) is 11.1 Å². The zero-order valence-electron chi connectivity index (χ0n) is 14.9. The normalized spacial score (nSPS) is 10.3. The monoisotopic (exact) mass is 426 g/mol. The molecule has 0 heterocycles. The van der Waals surface area contributed by atoms with Gasteiger partial charge in [0, 0.05) is 0 Å². The Kier molecular flexibility index (Phi) is 6.49. The Morgan fingerprint density at radius 3 is 2.15 bits per heavy atom. The molecule has 0 radical (unpaired) electrons. The summed E-state index contributed by atoms with van der Waals surface area (Å²) in [4.78, 5) is 12.2. The quantitative estimate of drug-likeness (QED) is 0.369. The summed E-state index contributed by atoms with van der Waals surface area (Å²) < 4.78 is 17.1. The molecule has 0 aromatic heterocycles. The van der Waals surface area contributed by atoms with E-state index >= 15 is 0 Å². The molecule has 0 fully saturated rings. The van der Waals surface area contributed by atoms with Gasteiger partial charge in [0.1, 0.15) is 5.75 Å². The van der Waals surface area contributed by atoms with E-state index in [2.05, 4.69) is 15.9 Å². The van der Waals surface area contributed by atoms with Crippen molar-refractivity contribution in [3.63, 3.8) is 0 Å². The first-order valence-electron chi connectivity index (χ1n) is 8.57. The third-order valence-electron chi connectivity index (χ3n) is 3.76. The molecule has 5 heteroatoms. The summed E-state index contributed by atoms with van der Waals surface area (Å²) in [5.41, 5.74) is 2.12. The van der Waals surface area contributed by atoms with Gasteiger partial charge >= 0.3 is 5.97 Å². The molecular weight excluding hydrogens is 408 g/mol. The molecule has 0 aliphatic carbocycles. The molecule has 3 aromatic rings. The van der Waals surface area contributed by atoms with E-state index in [4.69, 9.17) is 14.2 Å². The lowest BCUT2D eigenvalue weighted by Crippen LogP contribution is -2.18. The fourth-order valence-corrected chi connectivity index (χ4v) is 2.99. The van der Waals surface area contributed by atoms with Crippen LogP contribution in [0.4, 0.5) is 0 Å². The fraction of sp³-hybridized carbons (Fsp3) is 0.136. The van der Waals surface area contributed by atoms with Gasteiger partial charge in [0.05, 0.1) is 11.1 Å².